The summed E-state index contributed by atoms with van der Waals surface area (Å²) in [5.74, 6) is -0.137. The molecule has 2 atom stereocenters. The van der Waals surface area contributed by atoms with Gasteiger partial charge < -0.3 is 14.8 Å². The predicted molar refractivity (Wildman–Crippen MR) is 83.9 cm³/mol. The molecule has 2 aromatic carbocycles. The second-order valence-corrected chi connectivity index (χ2v) is 5.29. The zero-order valence-electron chi connectivity index (χ0n) is 12.7. The van der Waals surface area contributed by atoms with Crippen LogP contribution in [0, 0.1) is 0 Å². The maximum absolute atomic E-state index is 12.5. The number of rotatable bonds is 4. The maximum atomic E-state index is 12.5. The largest absolute Gasteiger partial charge is 0.480 e. The van der Waals surface area contributed by atoms with Crippen molar-refractivity contribution in [2.24, 2.45) is 0 Å². The Kier molecular flexibility index (Phi) is 4.28. The Morgan fingerprint density at radius 1 is 1.13 bits per heavy atom. The third-order valence-electron chi connectivity index (χ3n) is 3.80. The molecular formula is C18H17NO4. The third-order valence-corrected chi connectivity index (χ3v) is 3.80. The molecular weight excluding hydrogens is 294 g/mol. The zero-order chi connectivity index (χ0) is 16.2. The second-order valence-electron chi connectivity index (χ2n) is 5.29. The van der Waals surface area contributed by atoms with Crippen LogP contribution in [0.25, 0.3) is 0 Å². The van der Waals surface area contributed by atoms with Crippen LogP contribution in [0.1, 0.15) is 17.2 Å². The summed E-state index contributed by atoms with van der Waals surface area (Å²) in [7, 11) is 1.30. The Bertz CT molecular complexity index is 689. The molecule has 0 aromatic heterocycles. The number of hydrogen-bond donors (Lipinski definition) is 1. The van der Waals surface area contributed by atoms with Gasteiger partial charge in [-0.2, -0.15) is 0 Å². The predicted octanol–water partition coefficient (Wildman–Crippen LogP) is 2.02. The minimum absolute atomic E-state index is 0.333. The molecule has 1 heterocycles. The van der Waals surface area contributed by atoms with Crippen molar-refractivity contribution in [3.8, 4) is 5.75 Å². The van der Waals surface area contributed by atoms with Gasteiger partial charge in [0.05, 0.1) is 7.11 Å². The molecule has 0 unspecified atom stereocenters. The number of esters is 1. The first-order valence-corrected chi connectivity index (χ1v) is 7.36. The summed E-state index contributed by atoms with van der Waals surface area (Å²) in [5.41, 5.74) is 1.66. The van der Waals surface area contributed by atoms with E-state index in [1.807, 2.05) is 30.3 Å². The quantitative estimate of drug-likeness (QED) is 0.877. The van der Waals surface area contributed by atoms with Crippen molar-refractivity contribution in [1.82, 2.24) is 5.32 Å². The van der Waals surface area contributed by atoms with E-state index < -0.39 is 18.1 Å². The van der Waals surface area contributed by atoms with E-state index in [0.29, 0.717) is 17.7 Å². The molecule has 2 aromatic rings. The number of methoxy groups -OCH3 is 1. The summed E-state index contributed by atoms with van der Waals surface area (Å²) in [4.78, 5) is 24.5. The van der Waals surface area contributed by atoms with Crippen LogP contribution in [-0.4, -0.2) is 25.1 Å². The van der Waals surface area contributed by atoms with Gasteiger partial charge in [-0.15, -0.1) is 0 Å². The highest BCUT2D eigenvalue weighted by Gasteiger charge is 2.32. The Hall–Kier alpha value is -2.82. The minimum Gasteiger partial charge on any atom is -0.480 e. The van der Waals surface area contributed by atoms with Crippen molar-refractivity contribution in [2.75, 3.05) is 7.11 Å². The van der Waals surface area contributed by atoms with E-state index in [9.17, 15) is 9.59 Å². The van der Waals surface area contributed by atoms with Crippen molar-refractivity contribution in [1.29, 1.82) is 0 Å². The van der Waals surface area contributed by atoms with E-state index in [2.05, 4.69) is 5.32 Å². The molecule has 5 heteroatoms. The normalized spacial score (nSPS) is 16.8. The van der Waals surface area contributed by atoms with E-state index in [1.165, 1.54) is 7.11 Å². The van der Waals surface area contributed by atoms with Gasteiger partial charge in [0, 0.05) is 6.42 Å². The number of para-hydroxylation sites is 1. The van der Waals surface area contributed by atoms with Gasteiger partial charge >= 0.3 is 5.97 Å². The molecule has 23 heavy (non-hydrogen) atoms. The Morgan fingerprint density at radius 3 is 2.52 bits per heavy atom. The monoisotopic (exact) mass is 311 g/mol. The summed E-state index contributed by atoms with van der Waals surface area (Å²) in [5, 5.41) is 2.72. The van der Waals surface area contributed by atoms with Crippen LogP contribution in [0.3, 0.4) is 0 Å². The summed E-state index contributed by atoms with van der Waals surface area (Å²) >= 11 is 0. The molecule has 1 amide bonds. The summed E-state index contributed by atoms with van der Waals surface area (Å²) < 4.78 is 10.5. The van der Waals surface area contributed by atoms with E-state index in [1.54, 1.807) is 24.3 Å². The first-order chi connectivity index (χ1) is 11.2. The molecule has 0 saturated heterocycles. The molecule has 1 N–H and O–H groups in total. The molecule has 1 aliphatic rings. The van der Waals surface area contributed by atoms with Crippen molar-refractivity contribution in [3.05, 3.63) is 65.7 Å². The fourth-order valence-electron chi connectivity index (χ4n) is 2.61. The van der Waals surface area contributed by atoms with Crippen molar-refractivity contribution in [3.63, 3.8) is 0 Å². The van der Waals surface area contributed by atoms with Gasteiger partial charge in [-0.05, 0) is 17.2 Å². The van der Waals surface area contributed by atoms with Crippen LogP contribution in [0.15, 0.2) is 54.6 Å². The third kappa shape index (κ3) is 3.18. The summed E-state index contributed by atoms with van der Waals surface area (Å²) in [6, 6.07) is 15.7. The molecule has 118 valence electrons. The Balaban J connectivity index is 1.74. The first-order valence-electron chi connectivity index (χ1n) is 7.36. The van der Waals surface area contributed by atoms with Crippen LogP contribution in [0.5, 0.6) is 5.75 Å². The number of hydrogen-bond acceptors (Lipinski definition) is 4. The van der Waals surface area contributed by atoms with Crippen LogP contribution in [-0.2, 0) is 20.7 Å². The van der Waals surface area contributed by atoms with Crippen molar-refractivity contribution >= 4 is 11.9 Å². The number of ether oxygens (including phenoxy) is 2. The van der Waals surface area contributed by atoms with Crippen LogP contribution >= 0.6 is 0 Å². The van der Waals surface area contributed by atoms with E-state index in [-0.39, 0.29) is 5.91 Å². The van der Waals surface area contributed by atoms with Crippen LogP contribution in [0.4, 0.5) is 0 Å². The Morgan fingerprint density at radius 2 is 1.83 bits per heavy atom. The zero-order valence-corrected chi connectivity index (χ0v) is 12.7. The molecule has 0 aliphatic carbocycles. The summed E-state index contributed by atoms with van der Waals surface area (Å²) in [6.07, 6.45) is -0.145. The highest BCUT2D eigenvalue weighted by atomic mass is 16.5. The standard InChI is InChI=1S/C18H17NO4/c1-22-18(21)16(12-7-3-2-4-8-12)19-17(20)15-11-13-9-5-6-10-14(13)23-15/h2-10,15-16H,11H2,1H3,(H,19,20)/t15-,16+/m1/s1. The topological polar surface area (TPSA) is 64.6 Å². The highest BCUT2D eigenvalue weighted by molar-refractivity contribution is 5.88. The van der Waals surface area contributed by atoms with Gasteiger partial charge in [-0.25, -0.2) is 4.79 Å². The minimum atomic E-state index is -0.846. The number of amides is 1. The number of benzene rings is 2. The van der Waals surface area contributed by atoms with Gasteiger partial charge in [0.1, 0.15) is 5.75 Å². The lowest BCUT2D eigenvalue weighted by Gasteiger charge is -2.19. The van der Waals surface area contributed by atoms with E-state index >= 15 is 0 Å². The van der Waals surface area contributed by atoms with Gasteiger partial charge in [-0.1, -0.05) is 48.5 Å². The second kappa shape index (κ2) is 6.52. The fraction of sp³-hybridized carbons (Fsp3) is 0.222. The molecule has 0 fully saturated rings. The van der Waals surface area contributed by atoms with Crippen LogP contribution < -0.4 is 10.1 Å². The number of nitrogens with one attached hydrogen (secondary N) is 1. The molecule has 3 rings (SSSR count). The average Bonchev–Trinajstić information content (AvgIpc) is 3.04. The van der Waals surface area contributed by atoms with Gasteiger partial charge in [0.15, 0.2) is 12.1 Å². The first kappa shape index (κ1) is 15.1. The number of carbonyl (C=O) groups is 2. The van der Waals surface area contributed by atoms with E-state index in [4.69, 9.17) is 9.47 Å². The fourth-order valence-corrected chi connectivity index (χ4v) is 2.61. The maximum Gasteiger partial charge on any atom is 0.333 e. The lowest BCUT2D eigenvalue weighted by molar-refractivity contribution is -0.146. The summed E-state index contributed by atoms with van der Waals surface area (Å²) in [6.45, 7) is 0. The van der Waals surface area contributed by atoms with E-state index in [0.717, 1.165) is 5.56 Å². The molecule has 0 spiro atoms. The number of carbonyl (C=O) groups excluding carboxylic acids is 2. The smallest absolute Gasteiger partial charge is 0.333 e. The number of fused-ring (bicyclic) bond motifs is 1. The highest BCUT2D eigenvalue weighted by Crippen LogP contribution is 2.28. The molecule has 5 nitrogen and oxygen atoms in total. The molecule has 0 saturated carbocycles. The van der Waals surface area contributed by atoms with Crippen molar-refractivity contribution in [2.45, 2.75) is 18.6 Å². The van der Waals surface area contributed by atoms with Crippen molar-refractivity contribution < 1.29 is 19.1 Å². The molecule has 0 radical (unpaired) electrons. The van der Waals surface area contributed by atoms with Gasteiger partial charge in [-0.3, -0.25) is 4.79 Å². The van der Waals surface area contributed by atoms with Crippen LogP contribution in [0.2, 0.25) is 0 Å². The average molecular weight is 311 g/mol. The SMILES string of the molecule is COC(=O)[C@@H](NC(=O)[C@H]1Cc2ccccc2O1)c1ccccc1. The molecule has 0 bridgehead atoms. The molecule has 1 aliphatic heterocycles. The lowest BCUT2D eigenvalue weighted by Crippen LogP contribution is -2.42. The van der Waals surface area contributed by atoms with Gasteiger partial charge in [0.2, 0.25) is 0 Å². The van der Waals surface area contributed by atoms with Gasteiger partial charge in [0.25, 0.3) is 5.91 Å². The lowest BCUT2D eigenvalue weighted by atomic mass is 10.1. The Labute approximate surface area is 134 Å².